The largest absolute Gasteiger partial charge is 1.00 e. The molecule has 107 valence electrons. The molecule has 0 atom stereocenters. The van der Waals surface area contributed by atoms with Crippen LogP contribution in [-0.2, 0) is 0 Å². The summed E-state index contributed by atoms with van der Waals surface area (Å²) in [5.74, 6) is 0. The summed E-state index contributed by atoms with van der Waals surface area (Å²) in [6.07, 6.45) is 12.3. The Bertz CT molecular complexity index is 454. The van der Waals surface area contributed by atoms with E-state index in [-0.39, 0.29) is 46.1 Å². The predicted molar refractivity (Wildman–Crippen MR) is 89.4 cm³/mol. The molecule has 2 aliphatic carbocycles. The quantitative estimate of drug-likeness (QED) is 0.530. The second-order valence-electron chi connectivity index (χ2n) is 7.44. The van der Waals surface area contributed by atoms with Crippen LogP contribution in [0.1, 0.15) is 14.3 Å². The molecule has 0 aromatic carbocycles. The maximum absolute atomic E-state index is 2.50. The fourth-order valence-corrected chi connectivity index (χ4v) is 14.8. The van der Waals surface area contributed by atoms with Crippen molar-refractivity contribution < 1.29 is 46.1 Å². The first-order valence-corrected chi connectivity index (χ1v) is 16.6. The molecule has 0 saturated heterocycles. The van der Waals surface area contributed by atoms with Crippen LogP contribution in [0.25, 0.3) is 0 Å². The summed E-state index contributed by atoms with van der Waals surface area (Å²) >= 11 is -0.329. The molecule has 0 N–H and O–H groups in total. The minimum absolute atomic E-state index is 0. The molecule has 0 heterocycles. The molecule has 3 heteroatoms. The van der Waals surface area contributed by atoms with Gasteiger partial charge >= 0.3 is 148 Å². The van der Waals surface area contributed by atoms with Crippen molar-refractivity contribution in [3.63, 3.8) is 0 Å². The van der Waals surface area contributed by atoms with Crippen LogP contribution in [0.15, 0.2) is 34.6 Å². The SMILES string of the molecule is C[Si](C)(C)C1=[C]([Eu][C]2=C([Si](C)(C)C)C=CC2)CC=C1.[H-]. The second kappa shape index (κ2) is 6.00. The van der Waals surface area contributed by atoms with Gasteiger partial charge in [0.2, 0.25) is 0 Å². The third kappa shape index (κ3) is 4.00. The smallest absolute Gasteiger partial charge is 1.00 e. The maximum atomic E-state index is 2.50. The summed E-state index contributed by atoms with van der Waals surface area (Å²) in [6.45, 7) is 15.0. The monoisotopic (exact) mass is 428 g/mol. The Balaban J connectivity index is 0.00000200. The topological polar surface area (TPSA) is 0 Å². The van der Waals surface area contributed by atoms with Gasteiger partial charge in [-0.15, -0.1) is 0 Å². The number of rotatable bonds is 4. The van der Waals surface area contributed by atoms with Crippen molar-refractivity contribution in [2.75, 3.05) is 0 Å². The van der Waals surface area contributed by atoms with Gasteiger partial charge in [-0.2, -0.15) is 0 Å². The summed E-state index contributed by atoms with van der Waals surface area (Å²) in [4.78, 5) is 0. The van der Waals surface area contributed by atoms with Crippen molar-refractivity contribution in [3.05, 3.63) is 34.6 Å². The van der Waals surface area contributed by atoms with Gasteiger partial charge in [-0.05, 0) is 0 Å². The summed E-state index contributed by atoms with van der Waals surface area (Å²) in [6, 6.07) is 0. The van der Waals surface area contributed by atoms with E-state index in [1.807, 2.05) is -0.0654 Å². The minimum Gasteiger partial charge on any atom is -1.00 e. The number of hydrogen-bond donors (Lipinski definition) is 0. The first-order valence-electron chi connectivity index (χ1n) is 7.15. The van der Waals surface area contributed by atoms with Gasteiger partial charge in [0.15, 0.2) is 0 Å². The zero-order valence-electron chi connectivity index (χ0n) is 14.1. The molecule has 2 aliphatic rings. The van der Waals surface area contributed by atoms with E-state index in [1.54, 1.807) is 10.4 Å². The van der Waals surface area contributed by atoms with E-state index in [1.165, 1.54) is 12.8 Å². The van der Waals surface area contributed by atoms with E-state index in [0.29, 0.717) is 0 Å². The Morgan fingerprint density at radius 1 is 0.789 bits per heavy atom. The van der Waals surface area contributed by atoms with Gasteiger partial charge in [0.25, 0.3) is 0 Å². The molecule has 0 aromatic heterocycles. The molecule has 0 fully saturated rings. The fourth-order valence-electron chi connectivity index (χ4n) is 2.59. The first kappa shape index (κ1) is 16.4. The van der Waals surface area contributed by atoms with Crippen molar-refractivity contribution in [2.45, 2.75) is 52.1 Å². The first-order chi connectivity index (χ1) is 8.69. The number of hydrogen-bond acceptors (Lipinski definition) is 0. The molecule has 0 aromatic rings. The molecule has 0 radical (unpaired) electrons. The standard InChI is InChI=1S/2C8H13Si.Eu.H/c2*1-9(2,3)8-6-4-5-7-8;;/h2*4,6H,5H2,1-3H3;;/q;;;-1. The maximum Gasteiger partial charge on any atom is -1.00 e. The van der Waals surface area contributed by atoms with Crippen LogP contribution in [0.2, 0.25) is 39.3 Å². The van der Waals surface area contributed by atoms with Crippen molar-refractivity contribution >= 4 is 16.1 Å². The normalized spacial score (nSPS) is 20.1. The summed E-state index contributed by atoms with van der Waals surface area (Å²) in [5.41, 5.74) is 0. The molecule has 0 amide bonds. The number of allylic oxidation sites excluding steroid dienone is 8. The van der Waals surface area contributed by atoms with Crippen LogP contribution in [0.5, 0.6) is 0 Å². The Morgan fingerprint density at radius 2 is 1.16 bits per heavy atom. The van der Waals surface area contributed by atoms with E-state index in [2.05, 4.69) is 63.6 Å². The molecule has 0 aliphatic heterocycles. The molecule has 0 bridgehead atoms. The third-order valence-corrected chi connectivity index (χ3v) is 12.7. The van der Waals surface area contributed by atoms with Crippen LogP contribution in [0, 0.1) is 44.6 Å². The molecule has 0 spiro atoms. The Kier molecular flexibility index (Phi) is 5.16. The Morgan fingerprint density at radius 3 is 1.47 bits per heavy atom. The van der Waals surface area contributed by atoms with Crippen molar-refractivity contribution in [2.24, 2.45) is 0 Å². The zero-order chi connectivity index (χ0) is 14.3. The fraction of sp³-hybridized carbons (Fsp3) is 0.500. The average molecular weight is 428 g/mol. The molecule has 0 nitrogen and oxygen atoms in total. The van der Waals surface area contributed by atoms with E-state index in [0.717, 1.165) is 0 Å². The van der Waals surface area contributed by atoms with Gasteiger partial charge in [0.1, 0.15) is 0 Å². The molecular weight excluding hydrogens is 400 g/mol. The van der Waals surface area contributed by atoms with Gasteiger partial charge in [-0.3, -0.25) is 0 Å². The Labute approximate surface area is 147 Å². The summed E-state index contributed by atoms with van der Waals surface area (Å²) in [5, 5.41) is 3.56. The van der Waals surface area contributed by atoms with Crippen molar-refractivity contribution in [3.8, 4) is 0 Å². The van der Waals surface area contributed by atoms with Crippen molar-refractivity contribution in [1.82, 2.24) is 0 Å². The average Bonchev–Trinajstić information content (AvgIpc) is 2.83. The molecular formula is C16H27EuSi2-. The van der Waals surface area contributed by atoms with Crippen molar-refractivity contribution in [1.29, 1.82) is 0 Å². The molecule has 2 rings (SSSR count). The zero-order valence-corrected chi connectivity index (χ0v) is 17.5. The predicted octanol–water partition coefficient (Wildman–Crippen LogP) is 5.37. The molecule has 0 unspecified atom stereocenters. The van der Waals surface area contributed by atoms with Gasteiger partial charge in [0.05, 0.1) is 0 Å². The Hall–Kier alpha value is 0.978. The van der Waals surface area contributed by atoms with E-state index in [9.17, 15) is 0 Å². The summed E-state index contributed by atoms with van der Waals surface area (Å²) < 4.78 is 3.74. The van der Waals surface area contributed by atoms with E-state index in [4.69, 9.17) is 0 Å². The summed E-state index contributed by atoms with van der Waals surface area (Å²) in [7, 11) is -2.26. The van der Waals surface area contributed by atoms with E-state index >= 15 is 0 Å². The minimum atomic E-state index is -1.13. The van der Waals surface area contributed by atoms with Crippen LogP contribution >= 0.6 is 0 Å². The van der Waals surface area contributed by atoms with Crippen LogP contribution < -0.4 is 0 Å². The second-order valence-corrected chi connectivity index (χ2v) is 21.1. The van der Waals surface area contributed by atoms with Gasteiger partial charge in [-0.25, -0.2) is 0 Å². The molecule has 0 saturated carbocycles. The van der Waals surface area contributed by atoms with Gasteiger partial charge in [-0.1, -0.05) is 0 Å². The van der Waals surface area contributed by atoms with Crippen LogP contribution in [-0.4, -0.2) is 16.1 Å². The molecule has 19 heavy (non-hydrogen) atoms. The van der Waals surface area contributed by atoms with E-state index < -0.39 is 16.1 Å². The van der Waals surface area contributed by atoms with Crippen LogP contribution in [0.3, 0.4) is 0 Å². The van der Waals surface area contributed by atoms with Gasteiger partial charge in [0, 0.05) is 0 Å². The van der Waals surface area contributed by atoms with Crippen LogP contribution in [0.4, 0.5) is 0 Å². The third-order valence-electron chi connectivity index (χ3n) is 3.59. The van der Waals surface area contributed by atoms with Gasteiger partial charge < -0.3 is 1.43 Å².